The molecule has 2 amide bonds. The molecule has 7 nitrogen and oxygen atoms in total. The van der Waals surface area contributed by atoms with Crippen LogP contribution in [0.3, 0.4) is 0 Å². The lowest BCUT2D eigenvalue weighted by atomic mass is 9.93. The van der Waals surface area contributed by atoms with E-state index in [2.05, 4.69) is 4.90 Å². The van der Waals surface area contributed by atoms with Crippen LogP contribution in [-0.4, -0.2) is 90.8 Å². The van der Waals surface area contributed by atoms with E-state index in [0.717, 1.165) is 25.9 Å². The summed E-state index contributed by atoms with van der Waals surface area (Å²) in [5.41, 5.74) is -0.455. The molecule has 25 heavy (non-hydrogen) atoms. The van der Waals surface area contributed by atoms with Crippen molar-refractivity contribution in [3.63, 3.8) is 0 Å². The van der Waals surface area contributed by atoms with Gasteiger partial charge in [0.25, 0.3) is 0 Å². The summed E-state index contributed by atoms with van der Waals surface area (Å²) in [7, 11) is 0. The van der Waals surface area contributed by atoms with Gasteiger partial charge in [0.15, 0.2) is 0 Å². The van der Waals surface area contributed by atoms with Crippen molar-refractivity contribution in [2.24, 2.45) is 5.92 Å². The third-order valence-corrected chi connectivity index (χ3v) is 5.16. The van der Waals surface area contributed by atoms with E-state index in [9.17, 15) is 9.59 Å². The molecule has 0 spiro atoms. The van der Waals surface area contributed by atoms with Crippen molar-refractivity contribution in [1.29, 1.82) is 0 Å². The first kappa shape index (κ1) is 18.5. The zero-order valence-electron chi connectivity index (χ0n) is 15.7. The number of amides is 2. The number of hydrogen-bond donors (Lipinski definition) is 0. The standard InChI is InChI=1S/C18H31N3O4/c1-18(2,3)25-17(23)21-12-15(13-21)20-6-4-5-14(11-20)16(22)19-7-9-24-10-8-19/h14-15H,4-13H2,1-3H3/t14-/m1/s1. The van der Waals surface area contributed by atoms with Crippen molar-refractivity contribution in [2.45, 2.75) is 45.3 Å². The summed E-state index contributed by atoms with van der Waals surface area (Å²) in [4.78, 5) is 30.9. The van der Waals surface area contributed by atoms with Gasteiger partial charge in [0.2, 0.25) is 5.91 Å². The van der Waals surface area contributed by atoms with Gasteiger partial charge in [0.1, 0.15) is 5.60 Å². The molecule has 142 valence electrons. The zero-order valence-corrected chi connectivity index (χ0v) is 15.7. The van der Waals surface area contributed by atoms with Crippen molar-refractivity contribution in [3.05, 3.63) is 0 Å². The molecule has 3 heterocycles. The van der Waals surface area contributed by atoms with Crippen molar-refractivity contribution >= 4 is 12.0 Å². The molecule has 0 aromatic rings. The monoisotopic (exact) mass is 353 g/mol. The summed E-state index contributed by atoms with van der Waals surface area (Å²) in [6.45, 7) is 11.6. The Kier molecular flexibility index (Phi) is 5.53. The Bertz CT molecular complexity index is 493. The molecule has 0 aliphatic carbocycles. The first-order chi connectivity index (χ1) is 11.8. The lowest BCUT2D eigenvalue weighted by Gasteiger charge is -2.48. The topological polar surface area (TPSA) is 62.3 Å². The number of rotatable bonds is 2. The number of ether oxygens (including phenoxy) is 2. The smallest absolute Gasteiger partial charge is 0.410 e. The second-order valence-electron chi connectivity index (χ2n) is 8.31. The maximum Gasteiger partial charge on any atom is 0.410 e. The average molecular weight is 353 g/mol. The SMILES string of the molecule is CC(C)(C)OC(=O)N1CC(N2CCC[C@@H](C(=O)N3CCOCC3)C2)C1. The van der Waals surface area contributed by atoms with E-state index < -0.39 is 5.60 Å². The summed E-state index contributed by atoms with van der Waals surface area (Å²) in [6, 6.07) is 0.354. The van der Waals surface area contributed by atoms with Gasteiger partial charge in [-0.3, -0.25) is 9.69 Å². The second-order valence-corrected chi connectivity index (χ2v) is 8.31. The lowest BCUT2D eigenvalue weighted by molar-refractivity contribution is -0.142. The summed E-state index contributed by atoms with van der Waals surface area (Å²) in [5.74, 6) is 0.360. The molecular formula is C18H31N3O4. The van der Waals surface area contributed by atoms with Crippen LogP contribution in [0.1, 0.15) is 33.6 Å². The fourth-order valence-corrected chi connectivity index (χ4v) is 3.74. The maximum atomic E-state index is 12.7. The summed E-state index contributed by atoms with van der Waals surface area (Å²) >= 11 is 0. The number of likely N-dealkylation sites (tertiary alicyclic amines) is 2. The molecule has 0 aromatic carbocycles. The number of carbonyl (C=O) groups excluding carboxylic acids is 2. The molecule has 3 aliphatic rings. The van der Waals surface area contributed by atoms with Gasteiger partial charge >= 0.3 is 6.09 Å². The molecule has 3 fully saturated rings. The first-order valence-electron chi connectivity index (χ1n) is 9.42. The molecule has 3 saturated heterocycles. The van der Waals surface area contributed by atoms with E-state index in [1.807, 2.05) is 25.7 Å². The fourth-order valence-electron chi connectivity index (χ4n) is 3.74. The zero-order chi connectivity index (χ0) is 18.0. The first-order valence-corrected chi connectivity index (χ1v) is 9.42. The van der Waals surface area contributed by atoms with Crippen LogP contribution in [0, 0.1) is 5.92 Å². The van der Waals surface area contributed by atoms with Crippen LogP contribution in [0.5, 0.6) is 0 Å². The molecule has 0 bridgehead atoms. The molecule has 3 rings (SSSR count). The predicted octanol–water partition coefficient (Wildman–Crippen LogP) is 1.18. The summed E-state index contributed by atoms with van der Waals surface area (Å²) in [6.07, 6.45) is 1.78. The van der Waals surface area contributed by atoms with Gasteiger partial charge in [0, 0.05) is 38.8 Å². The maximum absolute atomic E-state index is 12.7. The third kappa shape index (κ3) is 4.64. The van der Waals surface area contributed by atoms with E-state index in [-0.39, 0.29) is 17.9 Å². The minimum absolute atomic E-state index is 0.0856. The van der Waals surface area contributed by atoms with Gasteiger partial charge in [-0.25, -0.2) is 4.79 Å². The highest BCUT2D eigenvalue weighted by atomic mass is 16.6. The quantitative estimate of drug-likeness (QED) is 0.746. The Morgan fingerprint density at radius 3 is 2.32 bits per heavy atom. The summed E-state index contributed by atoms with van der Waals surface area (Å²) in [5, 5.41) is 0. The van der Waals surface area contributed by atoms with Gasteiger partial charge in [-0.15, -0.1) is 0 Å². The predicted molar refractivity (Wildman–Crippen MR) is 93.3 cm³/mol. The molecule has 0 N–H and O–H groups in total. The number of nitrogens with zero attached hydrogens (tertiary/aromatic N) is 3. The Labute approximate surface area is 150 Å². The molecule has 3 aliphatic heterocycles. The van der Waals surface area contributed by atoms with E-state index in [4.69, 9.17) is 9.47 Å². The van der Waals surface area contributed by atoms with Crippen LogP contribution < -0.4 is 0 Å². The highest BCUT2D eigenvalue weighted by Crippen LogP contribution is 2.25. The van der Waals surface area contributed by atoms with Crippen LogP contribution in [0.25, 0.3) is 0 Å². The number of morpholine rings is 1. The highest BCUT2D eigenvalue weighted by molar-refractivity contribution is 5.79. The van der Waals surface area contributed by atoms with E-state index >= 15 is 0 Å². The molecule has 7 heteroatoms. The number of hydrogen-bond acceptors (Lipinski definition) is 5. The lowest BCUT2D eigenvalue weighted by Crippen LogP contribution is -2.63. The van der Waals surface area contributed by atoms with Crippen LogP contribution in [-0.2, 0) is 14.3 Å². The minimum Gasteiger partial charge on any atom is -0.444 e. The number of piperidine rings is 1. The van der Waals surface area contributed by atoms with E-state index in [1.54, 1.807) is 4.90 Å². The Hall–Kier alpha value is -1.34. The highest BCUT2D eigenvalue weighted by Gasteiger charge is 2.40. The fraction of sp³-hybridized carbons (Fsp3) is 0.889. The van der Waals surface area contributed by atoms with Crippen LogP contribution in [0.4, 0.5) is 4.79 Å². The number of carbonyl (C=O) groups is 2. The average Bonchev–Trinajstić information content (AvgIpc) is 2.52. The van der Waals surface area contributed by atoms with Gasteiger partial charge in [-0.05, 0) is 40.2 Å². The molecule has 1 atom stereocenters. The molecule has 0 aromatic heterocycles. The van der Waals surface area contributed by atoms with E-state index in [0.29, 0.717) is 45.4 Å². The Balaban J connectivity index is 1.46. The van der Waals surface area contributed by atoms with Crippen molar-refractivity contribution in [3.8, 4) is 0 Å². The van der Waals surface area contributed by atoms with Crippen LogP contribution in [0.2, 0.25) is 0 Å². The largest absolute Gasteiger partial charge is 0.444 e. The second kappa shape index (κ2) is 7.50. The third-order valence-electron chi connectivity index (χ3n) is 5.16. The molecule has 0 unspecified atom stereocenters. The molecule has 0 radical (unpaired) electrons. The van der Waals surface area contributed by atoms with Gasteiger partial charge in [-0.1, -0.05) is 0 Å². The minimum atomic E-state index is -0.455. The molecular weight excluding hydrogens is 322 g/mol. The normalized spacial score (nSPS) is 26.3. The van der Waals surface area contributed by atoms with Crippen LogP contribution >= 0.6 is 0 Å². The Morgan fingerprint density at radius 2 is 1.68 bits per heavy atom. The van der Waals surface area contributed by atoms with Gasteiger partial charge in [0.05, 0.1) is 19.1 Å². The van der Waals surface area contributed by atoms with Crippen molar-refractivity contribution < 1.29 is 19.1 Å². The van der Waals surface area contributed by atoms with Crippen LogP contribution in [0.15, 0.2) is 0 Å². The molecule has 0 saturated carbocycles. The Morgan fingerprint density at radius 1 is 1.00 bits per heavy atom. The van der Waals surface area contributed by atoms with E-state index in [1.165, 1.54) is 0 Å². The van der Waals surface area contributed by atoms with Crippen molar-refractivity contribution in [2.75, 3.05) is 52.5 Å². The van der Waals surface area contributed by atoms with Gasteiger partial charge in [-0.2, -0.15) is 0 Å². The van der Waals surface area contributed by atoms with Gasteiger partial charge < -0.3 is 19.3 Å². The summed E-state index contributed by atoms with van der Waals surface area (Å²) < 4.78 is 10.7. The van der Waals surface area contributed by atoms with Crippen molar-refractivity contribution in [1.82, 2.24) is 14.7 Å².